The van der Waals surface area contributed by atoms with Crippen molar-refractivity contribution >= 4 is 23.2 Å². The van der Waals surface area contributed by atoms with E-state index in [0.717, 1.165) is 17.8 Å². The van der Waals surface area contributed by atoms with Crippen molar-refractivity contribution in [3.05, 3.63) is 78.1 Å². The number of rotatable bonds is 7. The van der Waals surface area contributed by atoms with Gasteiger partial charge in [-0.25, -0.2) is 0 Å². The zero-order valence-electron chi connectivity index (χ0n) is 21.1. The molecule has 3 aromatic rings. The lowest BCUT2D eigenvalue weighted by Crippen LogP contribution is -2.52. The minimum Gasteiger partial charge on any atom is -0.490 e. The normalized spacial score (nSPS) is 16.5. The summed E-state index contributed by atoms with van der Waals surface area (Å²) in [5.41, 5.74) is 1.47. The summed E-state index contributed by atoms with van der Waals surface area (Å²) in [5.74, 6) is 0.444. The number of likely N-dealkylation sites (tertiary alicyclic amines) is 1. The van der Waals surface area contributed by atoms with Crippen molar-refractivity contribution in [2.45, 2.75) is 31.5 Å². The molecule has 2 saturated heterocycles. The third kappa shape index (κ3) is 6.65. The van der Waals surface area contributed by atoms with E-state index in [1.807, 2.05) is 18.2 Å². The van der Waals surface area contributed by atoms with Crippen molar-refractivity contribution in [1.29, 1.82) is 0 Å². The number of nitrogens with one attached hydrogen (secondary N) is 1. The fourth-order valence-corrected chi connectivity index (χ4v) is 4.70. The Hall–Kier alpha value is -4.15. The molecule has 2 aliphatic heterocycles. The van der Waals surface area contributed by atoms with Gasteiger partial charge in [-0.1, -0.05) is 12.1 Å². The van der Waals surface area contributed by atoms with Gasteiger partial charge in [0, 0.05) is 44.7 Å². The van der Waals surface area contributed by atoms with Crippen LogP contribution in [0.2, 0.25) is 0 Å². The highest BCUT2D eigenvalue weighted by Crippen LogP contribution is 2.29. The number of hydrogen-bond acceptors (Lipinski definition) is 6. The molecule has 0 bridgehead atoms. The summed E-state index contributed by atoms with van der Waals surface area (Å²) in [6, 6.07) is 13.8. The fraction of sp³-hybridized carbons (Fsp3) is 0.357. The van der Waals surface area contributed by atoms with Crippen LogP contribution >= 0.6 is 0 Å². The first-order valence-electron chi connectivity index (χ1n) is 12.8. The van der Waals surface area contributed by atoms with E-state index < -0.39 is 11.7 Å². The monoisotopic (exact) mass is 539 g/mol. The molecule has 2 aromatic carbocycles. The summed E-state index contributed by atoms with van der Waals surface area (Å²) in [6.45, 7) is 2.30. The molecule has 0 spiro atoms. The molecule has 1 aromatic heterocycles. The van der Waals surface area contributed by atoms with Crippen LogP contribution in [0.4, 0.5) is 24.5 Å². The number of carbonyl (C=O) groups is 2. The van der Waals surface area contributed by atoms with Crippen LogP contribution in [0.15, 0.2) is 67.0 Å². The largest absolute Gasteiger partial charge is 0.490 e. The zero-order valence-corrected chi connectivity index (χ0v) is 21.1. The van der Waals surface area contributed by atoms with E-state index in [0.29, 0.717) is 56.0 Å². The highest BCUT2D eigenvalue weighted by Gasteiger charge is 2.33. The van der Waals surface area contributed by atoms with Gasteiger partial charge in [0.2, 0.25) is 11.8 Å². The maximum Gasteiger partial charge on any atom is 0.416 e. The second-order valence-corrected chi connectivity index (χ2v) is 9.79. The van der Waals surface area contributed by atoms with E-state index >= 15 is 0 Å². The van der Waals surface area contributed by atoms with Gasteiger partial charge >= 0.3 is 6.18 Å². The van der Waals surface area contributed by atoms with E-state index in [1.165, 1.54) is 12.1 Å². The lowest BCUT2D eigenvalue weighted by Gasteiger charge is -2.39. The molecule has 8 nitrogen and oxygen atoms in total. The summed E-state index contributed by atoms with van der Waals surface area (Å²) >= 11 is 0. The number of carbonyl (C=O) groups excluding carboxylic acids is 2. The predicted molar refractivity (Wildman–Crippen MR) is 138 cm³/mol. The first-order valence-corrected chi connectivity index (χ1v) is 12.8. The van der Waals surface area contributed by atoms with Crippen LogP contribution in [-0.4, -0.2) is 59.2 Å². The summed E-state index contributed by atoms with van der Waals surface area (Å²) in [4.78, 5) is 29.0. The molecular weight excluding hydrogens is 511 g/mol. The standard InChI is InChI=1S/C28H28F3N5O3/c29-28(30,31)21-3-1-19(2-4-21)15-26(37)35-13-10-25(11-14-35)39-24-7-5-22(6-8-24)34-27(38)20-17-36(18-20)23-9-12-32-33-16-23/h1-9,12,16,20,25H,10-11,13-15,17-18H2,(H,34,38). The van der Waals surface area contributed by atoms with E-state index in [9.17, 15) is 22.8 Å². The predicted octanol–water partition coefficient (Wildman–Crippen LogP) is 4.18. The van der Waals surface area contributed by atoms with Crippen LogP contribution < -0.4 is 15.0 Å². The van der Waals surface area contributed by atoms with Gasteiger partial charge < -0.3 is 19.9 Å². The topological polar surface area (TPSA) is 87.7 Å². The molecule has 5 rings (SSSR count). The van der Waals surface area contributed by atoms with Crippen molar-refractivity contribution in [3.8, 4) is 5.75 Å². The number of piperidine rings is 1. The average molecular weight is 540 g/mol. The van der Waals surface area contributed by atoms with Crippen molar-refractivity contribution < 1.29 is 27.5 Å². The molecule has 2 fully saturated rings. The second-order valence-electron chi connectivity index (χ2n) is 9.79. The Labute approximate surface area is 223 Å². The maximum atomic E-state index is 12.7. The lowest BCUT2D eigenvalue weighted by molar-refractivity contribution is -0.137. The Kier molecular flexibility index (Phi) is 7.67. The third-order valence-corrected chi connectivity index (χ3v) is 7.04. The number of aromatic nitrogens is 2. The molecule has 39 heavy (non-hydrogen) atoms. The summed E-state index contributed by atoms with van der Waals surface area (Å²) in [6.07, 6.45) is 0.238. The van der Waals surface area contributed by atoms with Crippen molar-refractivity contribution in [2.75, 3.05) is 36.4 Å². The number of anilines is 2. The van der Waals surface area contributed by atoms with Crippen molar-refractivity contribution in [2.24, 2.45) is 5.92 Å². The van der Waals surface area contributed by atoms with Gasteiger partial charge in [0.05, 0.1) is 36.0 Å². The molecule has 1 N–H and O–H groups in total. The van der Waals surface area contributed by atoms with Crippen molar-refractivity contribution in [3.63, 3.8) is 0 Å². The van der Waals surface area contributed by atoms with Gasteiger partial charge in [0.15, 0.2) is 0 Å². The van der Waals surface area contributed by atoms with Crippen LogP contribution in [0.25, 0.3) is 0 Å². The van der Waals surface area contributed by atoms with Crippen LogP contribution in [0.1, 0.15) is 24.0 Å². The number of nitrogens with zero attached hydrogens (tertiary/aromatic N) is 4. The van der Waals surface area contributed by atoms with E-state index in [-0.39, 0.29) is 30.3 Å². The highest BCUT2D eigenvalue weighted by molar-refractivity contribution is 5.94. The van der Waals surface area contributed by atoms with E-state index in [2.05, 4.69) is 20.4 Å². The van der Waals surface area contributed by atoms with Gasteiger partial charge in [-0.05, 0) is 48.0 Å². The maximum absolute atomic E-state index is 12.7. The quantitative estimate of drug-likeness (QED) is 0.485. The van der Waals surface area contributed by atoms with Crippen molar-refractivity contribution in [1.82, 2.24) is 15.1 Å². The molecule has 0 saturated carbocycles. The molecule has 0 aliphatic carbocycles. The first-order chi connectivity index (χ1) is 18.7. The fourth-order valence-electron chi connectivity index (χ4n) is 4.70. The van der Waals surface area contributed by atoms with Gasteiger partial charge in [-0.3, -0.25) is 9.59 Å². The average Bonchev–Trinajstić information content (AvgIpc) is 2.90. The molecule has 11 heteroatoms. The van der Waals surface area contributed by atoms with Gasteiger partial charge in [0.25, 0.3) is 0 Å². The second kappa shape index (κ2) is 11.3. The van der Waals surface area contributed by atoms with Gasteiger partial charge in [-0.2, -0.15) is 23.4 Å². The summed E-state index contributed by atoms with van der Waals surface area (Å²) < 4.78 is 44.3. The lowest BCUT2D eigenvalue weighted by atomic mass is 9.98. The summed E-state index contributed by atoms with van der Waals surface area (Å²) in [5, 5.41) is 10.6. The molecule has 3 heterocycles. The molecule has 0 radical (unpaired) electrons. The molecule has 0 atom stereocenters. The highest BCUT2D eigenvalue weighted by atomic mass is 19.4. The Balaban J connectivity index is 1.03. The number of amides is 2. The van der Waals surface area contributed by atoms with Crippen LogP contribution in [-0.2, 0) is 22.2 Å². The number of alkyl halides is 3. The van der Waals surface area contributed by atoms with Gasteiger partial charge in [0.1, 0.15) is 11.9 Å². The first kappa shape index (κ1) is 26.5. The van der Waals surface area contributed by atoms with E-state index in [4.69, 9.17) is 4.74 Å². The molecule has 0 unspecified atom stereocenters. The number of halogens is 3. The molecule has 2 amide bonds. The molecule has 2 aliphatic rings. The SMILES string of the molecule is O=C(Nc1ccc(OC2CCN(C(=O)Cc3ccc(C(F)(F)F)cc3)CC2)cc1)C1CN(c2ccnnc2)C1. The molecular formula is C28H28F3N5O3. The minimum absolute atomic E-state index is 0.0322. The number of benzene rings is 2. The van der Waals surface area contributed by atoms with Gasteiger partial charge in [-0.15, -0.1) is 0 Å². The Bertz CT molecular complexity index is 1270. The smallest absolute Gasteiger partial charge is 0.416 e. The van der Waals surface area contributed by atoms with E-state index in [1.54, 1.807) is 29.4 Å². The Morgan fingerprint density at radius 1 is 0.949 bits per heavy atom. The molecule has 204 valence electrons. The van der Waals surface area contributed by atoms with Crippen LogP contribution in [0, 0.1) is 5.92 Å². The Morgan fingerprint density at radius 3 is 2.26 bits per heavy atom. The summed E-state index contributed by atoms with van der Waals surface area (Å²) in [7, 11) is 0. The zero-order chi connectivity index (χ0) is 27.4. The third-order valence-electron chi connectivity index (χ3n) is 7.04. The Morgan fingerprint density at radius 2 is 1.64 bits per heavy atom. The number of hydrogen-bond donors (Lipinski definition) is 1. The van der Waals surface area contributed by atoms with Crippen LogP contribution in [0.5, 0.6) is 5.75 Å². The van der Waals surface area contributed by atoms with Crippen LogP contribution in [0.3, 0.4) is 0 Å². The number of ether oxygens (including phenoxy) is 1. The minimum atomic E-state index is -4.39.